The highest BCUT2D eigenvalue weighted by molar-refractivity contribution is 5.95. The first kappa shape index (κ1) is 18.4. The topological polar surface area (TPSA) is 59.0 Å². The molecule has 1 aliphatic rings. The summed E-state index contributed by atoms with van der Waals surface area (Å²) in [5, 5.41) is 10.4. The maximum absolute atomic E-state index is 12.9. The van der Waals surface area contributed by atoms with Crippen LogP contribution in [0.15, 0.2) is 30.5 Å². The summed E-state index contributed by atoms with van der Waals surface area (Å²) in [6.07, 6.45) is -1.35. The van der Waals surface area contributed by atoms with Gasteiger partial charge in [-0.15, -0.1) is 0 Å². The number of amides is 1. The van der Waals surface area contributed by atoms with Gasteiger partial charge in [0.2, 0.25) is 0 Å². The second-order valence-corrected chi connectivity index (χ2v) is 6.65. The Kier molecular flexibility index (Phi) is 5.04. The van der Waals surface area contributed by atoms with Crippen molar-refractivity contribution < 1.29 is 18.0 Å². The lowest BCUT2D eigenvalue weighted by atomic mass is 10.0. The van der Waals surface area contributed by atoms with Crippen molar-refractivity contribution >= 4 is 5.91 Å². The van der Waals surface area contributed by atoms with Crippen LogP contribution in [0.2, 0.25) is 0 Å². The molecule has 3 rings (SSSR count). The molecule has 26 heavy (non-hydrogen) atoms. The fourth-order valence-corrected chi connectivity index (χ4v) is 3.23. The zero-order valence-electron chi connectivity index (χ0n) is 14.6. The molecule has 0 spiro atoms. The molecule has 1 saturated heterocycles. The number of rotatable bonds is 3. The van der Waals surface area contributed by atoms with Gasteiger partial charge < -0.3 is 10.6 Å². The number of hydrogen-bond donors (Lipinski definition) is 2. The van der Waals surface area contributed by atoms with E-state index in [0.29, 0.717) is 17.3 Å². The zero-order chi connectivity index (χ0) is 18.9. The number of hydrogen-bond acceptors (Lipinski definition) is 3. The maximum atomic E-state index is 12.9. The molecule has 2 atom stereocenters. The highest BCUT2D eigenvalue weighted by Gasteiger charge is 2.31. The van der Waals surface area contributed by atoms with Gasteiger partial charge >= 0.3 is 6.18 Å². The predicted octanol–water partition coefficient (Wildman–Crippen LogP) is 3.07. The molecule has 1 aromatic heterocycles. The lowest BCUT2D eigenvalue weighted by Crippen LogP contribution is -2.46. The Labute approximate surface area is 149 Å². The van der Waals surface area contributed by atoms with Crippen LogP contribution in [0, 0.1) is 6.92 Å². The fraction of sp³-hybridized carbons (Fsp3) is 0.444. The molecule has 140 valence electrons. The number of benzene rings is 1. The third-order valence-electron chi connectivity index (χ3n) is 4.63. The second kappa shape index (κ2) is 7.11. The average molecular weight is 366 g/mol. The van der Waals surface area contributed by atoms with Gasteiger partial charge in [-0.1, -0.05) is 6.07 Å². The predicted molar refractivity (Wildman–Crippen MR) is 91.3 cm³/mol. The molecule has 0 saturated carbocycles. The number of alkyl halides is 3. The summed E-state index contributed by atoms with van der Waals surface area (Å²) in [6, 6.07) is 5.31. The first-order valence-corrected chi connectivity index (χ1v) is 8.52. The SMILES string of the molecule is Cc1c(C(=O)NC2CCNC(C)C2)cnn1-c1cccc(C(F)(F)F)c1. The fourth-order valence-electron chi connectivity index (χ4n) is 3.23. The highest BCUT2D eigenvalue weighted by Crippen LogP contribution is 2.30. The Hall–Kier alpha value is -2.35. The first-order chi connectivity index (χ1) is 12.3. The number of piperidine rings is 1. The standard InChI is InChI=1S/C18H21F3N4O/c1-11-8-14(6-7-22-11)24-17(26)16-10-23-25(12(16)2)15-5-3-4-13(9-15)18(19,20)21/h3-5,9-11,14,22H,6-8H2,1-2H3,(H,24,26). The van der Waals surface area contributed by atoms with Crippen LogP contribution in [0.5, 0.6) is 0 Å². The van der Waals surface area contributed by atoms with Crippen molar-refractivity contribution in [2.75, 3.05) is 6.54 Å². The van der Waals surface area contributed by atoms with Gasteiger partial charge in [-0.2, -0.15) is 18.3 Å². The molecular formula is C18H21F3N4O. The minimum Gasteiger partial charge on any atom is -0.349 e. The third kappa shape index (κ3) is 3.90. The molecule has 5 nitrogen and oxygen atoms in total. The number of aromatic nitrogens is 2. The Morgan fingerprint density at radius 3 is 2.85 bits per heavy atom. The quantitative estimate of drug-likeness (QED) is 0.878. The van der Waals surface area contributed by atoms with E-state index in [4.69, 9.17) is 0 Å². The monoisotopic (exact) mass is 366 g/mol. The lowest BCUT2D eigenvalue weighted by molar-refractivity contribution is -0.137. The van der Waals surface area contributed by atoms with Gasteiger partial charge in [-0.25, -0.2) is 4.68 Å². The second-order valence-electron chi connectivity index (χ2n) is 6.65. The first-order valence-electron chi connectivity index (χ1n) is 8.52. The Balaban J connectivity index is 1.81. The lowest BCUT2D eigenvalue weighted by Gasteiger charge is -2.28. The van der Waals surface area contributed by atoms with Crippen LogP contribution in [0.3, 0.4) is 0 Å². The number of carbonyl (C=O) groups is 1. The van der Waals surface area contributed by atoms with E-state index in [2.05, 4.69) is 22.7 Å². The summed E-state index contributed by atoms with van der Waals surface area (Å²) in [5.74, 6) is -0.250. The molecule has 0 aliphatic carbocycles. The van der Waals surface area contributed by atoms with E-state index in [1.54, 1.807) is 6.92 Å². The maximum Gasteiger partial charge on any atom is 0.416 e. The normalized spacial score (nSPS) is 20.8. The molecule has 8 heteroatoms. The molecule has 1 fully saturated rings. The highest BCUT2D eigenvalue weighted by atomic mass is 19.4. The number of nitrogens with zero attached hydrogens (tertiary/aromatic N) is 2. The van der Waals surface area contributed by atoms with E-state index in [0.717, 1.165) is 31.5 Å². The molecule has 0 radical (unpaired) electrons. The number of nitrogens with one attached hydrogen (secondary N) is 2. The van der Waals surface area contributed by atoms with Gasteiger partial charge in [0.1, 0.15) is 0 Å². The molecular weight excluding hydrogens is 345 g/mol. The van der Waals surface area contributed by atoms with Crippen LogP contribution < -0.4 is 10.6 Å². The molecule has 0 bridgehead atoms. The molecule has 2 heterocycles. The van der Waals surface area contributed by atoms with E-state index in [1.807, 2.05) is 0 Å². The van der Waals surface area contributed by atoms with Crippen molar-refractivity contribution in [2.45, 2.75) is 44.9 Å². The summed E-state index contributed by atoms with van der Waals surface area (Å²) in [5.41, 5.74) is 0.392. The van der Waals surface area contributed by atoms with Gasteiger partial charge in [0.05, 0.1) is 28.7 Å². The van der Waals surface area contributed by atoms with Gasteiger partial charge in [-0.05, 0) is 51.4 Å². The van der Waals surface area contributed by atoms with Gasteiger partial charge in [0, 0.05) is 12.1 Å². The van der Waals surface area contributed by atoms with Crippen LogP contribution in [-0.4, -0.2) is 34.3 Å². The zero-order valence-corrected chi connectivity index (χ0v) is 14.6. The van der Waals surface area contributed by atoms with E-state index < -0.39 is 11.7 Å². The third-order valence-corrected chi connectivity index (χ3v) is 4.63. The van der Waals surface area contributed by atoms with E-state index in [-0.39, 0.29) is 17.6 Å². The smallest absolute Gasteiger partial charge is 0.349 e. The summed E-state index contributed by atoms with van der Waals surface area (Å²) < 4.78 is 40.1. The largest absolute Gasteiger partial charge is 0.416 e. The van der Waals surface area contributed by atoms with Gasteiger partial charge in [0.25, 0.3) is 5.91 Å². The molecule has 2 aromatic rings. The van der Waals surface area contributed by atoms with Crippen molar-refractivity contribution in [1.82, 2.24) is 20.4 Å². The van der Waals surface area contributed by atoms with Crippen molar-refractivity contribution in [1.29, 1.82) is 0 Å². The van der Waals surface area contributed by atoms with Crippen molar-refractivity contribution in [3.63, 3.8) is 0 Å². The summed E-state index contributed by atoms with van der Waals surface area (Å²) in [4.78, 5) is 12.5. The van der Waals surface area contributed by atoms with Gasteiger partial charge in [0.15, 0.2) is 0 Å². The van der Waals surface area contributed by atoms with E-state index in [1.165, 1.54) is 23.0 Å². The van der Waals surface area contributed by atoms with E-state index in [9.17, 15) is 18.0 Å². The molecule has 2 N–H and O–H groups in total. The molecule has 1 aromatic carbocycles. The summed E-state index contributed by atoms with van der Waals surface area (Å²) >= 11 is 0. The van der Waals surface area contributed by atoms with E-state index >= 15 is 0 Å². The van der Waals surface area contributed by atoms with Crippen LogP contribution >= 0.6 is 0 Å². The van der Waals surface area contributed by atoms with Crippen LogP contribution in [0.25, 0.3) is 5.69 Å². The number of halogens is 3. The van der Waals surface area contributed by atoms with Crippen LogP contribution in [0.4, 0.5) is 13.2 Å². The minimum absolute atomic E-state index is 0.0788. The van der Waals surface area contributed by atoms with Crippen molar-refractivity contribution in [3.8, 4) is 5.69 Å². The van der Waals surface area contributed by atoms with Crippen molar-refractivity contribution in [3.05, 3.63) is 47.3 Å². The Morgan fingerprint density at radius 2 is 2.15 bits per heavy atom. The van der Waals surface area contributed by atoms with Gasteiger partial charge in [-0.3, -0.25) is 4.79 Å². The van der Waals surface area contributed by atoms with Crippen LogP contribution in [-0.2, 0) is 6.18 Å². The van der Waals surface area contributed by atoms with Crippen molar-refractivity contribution in [2.24, 2.45) is 0 Å². The summed E-state index contributed by atoms with van der Waals surface area (Å²) in [6.45, 7) is 4.58. The molecule has 2 unspecified atom stereocenters. The number of carbonyl (C=O) groups excluding carboxylic acids is 1. The molecule has 1 aliphatic heterocycles. The Bertz CT molecular complexity index is 800. The average Bonchev–Trinajstić information content (AvgIpc) is 2.96. The summed E-state index contributed by atoms with van der Waals surface area (Å²) in [7, 11) is 0. The molecule has 1 amide bonds. The van der Waals surface area contributed by atoms with Crippen LogP contribution in [0.1, 0.15) is 41.4 Å². The minimum atomic E-state index is -4.43. The Morgan fingerprint density at radius 1 is 1.38 bits per heavy atom.